The molecule has 0 unspecified atom stereocenters. The number of nitrogen functional groups attached to an aromatic ring is 1. The number of nitrogens with zero attached hydrogens (tertiary/aromatic N) is 5. The van der Waals surface area contributed by atoms with Crippen molar-refractivity contribution in [3.05, 3.63) is 90.3 Å². The summed E-state index contributed by atoms with van der Waals surface area (Å²) in [6.07, 6.45) is 11.0. The van der Waals surface area contributed by atoms with Crippen LogP contribution in [0.15, 0.2) is 73.2 Å². The molecule has 6 rings (SSSR count). The summed E-state index contributed by atoms with van der Waals surface area (Å²) >= 11 is 0. The molecule has 2 aromatic carbocycles. The predicted octanol–water partition coefficient (Wildman–Crippen LogP) is 5.44. The number of anilines is 2. The van der Waals surface area contributed by atoms with Crippen molar-refractivity contribution >= 4 is 35.8 Å². The molecule has 13 heteroatoms. The molecular formula is C35H42ClFN8O3. The first-order valence-corrected chi connectivity index (χ1v) is 16.4. The number of aromatic nitrogens is 4. The number of ether oxygens (including phenoxy) is 1. The van der Waals surface area contributed by atoms with Gasteiger partial charge in [-0.1, -0.05) is 30.3 Å². The number of nitrogens with two attached hydrogens (primary N) is 1. The third kappa shape index (κ3) is 8.94. The van der Waals surface area contributed by atoms with Gasteiger partial charge in [0.15, 0.2) is 11.5 Å². The topological polar surface area (TPSA) is 140 Å². The van der Waals surface area contributed by atoms with Gasteiger partial charge in [-0.3, -0.25) is 9.48 Å². The summed E-state index contributed by atoms with van der Waals surface area (Å²) in [5.74, 6) is -1.21. The first-order valence-electron chi connectivity index (χ1n) is 16.4. The summed E-state index contributed by atoms with van der Waals surface area (Å²) in [6.45, 7) is 5.55. The van der Waals surface area contributed by atoms with Crippen molar-refractivity contribution in [3.63, 3.8) is 0 Å². The summed E-state index contributed by atoms with van der Waals surface area (Å²) < 4.78 is 21.0. The molecule has 4 N–H and O–H groups in total. The maximum atomic E-state index is 13.4. The van der Waals surface area contributed by atoms with E-state index in [1.165, 1.54) is 56.1 Å². The van der Waals surface area contributed by atoms with Crippen molar-refractivity contribution in [2.75, 3.05) is 43.8 Å². The van der Waals surface area contributed by atoms with Gasteiger partial charge in [0.25, 0.3) is 5.91 Å². The number of likely N-dealkylation sites (tertiary alicyclic amines) is 1. The molecule has 11 nitrogen and oxygen atoms in total. The minimum absolute atomic E-state index is 0. The molecule has 48 heavy (non-hydrogen) atoms. The summed E-state index contributed by atoms with van der Waals surface area (Å²) in [5.41, 5.74) is 7.77. The Morgan fingerprint density at radius 2 is 1.75 bits per heavy atom. The molecule has 4 heterocycles. The largest absolute Gasteiger partial charge is 0.442 e. The molecule has 2 aromatic heterocycles. The van der Waals surface area contributed by atoms with E-state index in [9.17, 15) is 14.0 Å². The molecule has 0 radical (unpaired) electrons. The van der Waals surface area contributed by atoms with E-state index in [-0.39, 0.29) is 30.0 Å². The number of carbonyl (C=O) groups excluding carboxylic acids is 2. The zero-order chi connectivity index (χ0) is 32.6. The fourth-order valence-electron chi connectivity index (χ4n) is 6.34. The summed E-state index contributed by atoms with van der Waals surface area (Å²) in [7, 11) is 0. The van der Waals surface area contributed by atoms with Gasteiger partial charge in [0.1, 0.15) is 5.82 Å². The summed E-state index contributed by atoms with van der Waals surface area (Å²) in [4.78, 5) is 37.9. The lowest BCUT2D eigenvalue weighted by atomic mass is 9.93. The molecule has 1 atom stereocenters. The highest BCUT2D eigenvalue weighted by Crippen LogP contribution is 2.27. The maximum absolute atomic E-state index is 13.4. The lowest BCUT2D eigenvalue weighted by Gasteiger charge is -2.32. The number of esters is 1. The van der Waals surface area contributed by atoms with Crippen molar-refractivity contribution in [1.29, 1.82) is 0 Å². The number of carbonyl (C=O) groups is 2. The Labute approximate surface area is 285 Å². The average Bonchev–Trinajstić information content (AvgIpc) is 3.60. The standard InChI is InChI=1S/C35H41FN8O3.ClH/c36-27-8-10-28(11-9-27)41-34(45)32(25-6-2-1-3-7-25)47-35(46)31-33(37)39-22-30(42-31)26-21-40-44(23-26)29-14-19-43(20-15-29)18-4-5-24-12-16-38-17-13-24;/h1-3,6-11,21-24,29,32,38H,4-5,12-20H2,(H2,37,39)(H,41,45);1H/t32-;/m1./s1. The van der Waals surface area contributed by atoms with Crippen LogP contribution in [-0.4, -0.2) is 69.2 Å². The minimum atomic E-state index is -1.32. The SMILES string of the molecule is Cl.Nc1ncc(-c2cnn(C3CCN(CCCC4CCNCC4)CC3)c2)nc1C(=O)O[C@@H](C(=O)Nc1ccc(F)cc1)c1ccccc1. The van der Waals surface area contributed by atoms with E-state index < -0.39 is 23.8 Å². The number of hydrogen-bond donors (Lipinski definition) is 3. The van der Waals surface area contributed by atoms with Crippen molar-refractivity contribution < 1.29 is 18.7 Å². The van der Waals surface area contributed by atoms with Crippen LogP contribution in [-0.2, 0) is 9.53 Å². The average molecular weight is 677 g/mol. The monoisotopic (exact) mass is 676 g/mol. The van der Waals surface area contributed by atoms with Crippen molar-refractivity contribution in [1.82, 2.24) is 30.0 Å². The van der Waals surface area contributed by atoms with Gasteiger partial charge in [0.2, 0.25) is 6.10 Å². The van der Waals surface area contributed by atoms with E-state index in [1.807, 2.05) is 10.9 Å². The van der Waals surface area contributed by atoms with E-state index in [0.29, 0.717) is 22.5 Å². The molecule has 254 valence electrons. The highest BCUT2D eigenvalue weighted by molar-refractivity contribution is 5.99. The van der Waals surface area contributed by atoms with Crippen LogP contribution < -0.4 is 16.4 Å². The Bertz CT molecular complexity index is 1640. The van der Waals surface area contributed by atoms with E-state index in [4.69, 9.17) is 10.5 Å². The van der Waals surface area contributed by atoms with Crippen LogP contribution in [0.4, 0.5) is 15.9 Å². The van der Waals surface area contributed by atoms with Gasteiger partial charge >= 0.3 is 5.97 Å². The van der Waals surface area contributed by atoms with E-state index in [1.54, 1.807) is 36.5 Å². The summed E-state index contributed by atoms with van der Waals surface area (Å²) in [5, 5.41) is 10.7. The van der Waals surface area contributed by atoms with Crippen molar-refractivity contribution in [2.45, 2.75) is 50.7 Å². The Morgan fingerprint density at radius 1 is 1.02 bits per heavy atom. The highest BCUT2D eigenvalue weighted by Gasteiger charge is 2.28. The smallest absolute Gasteiger partial charge is 0.361 e. The number of rotatable bonds is 11. The number of halogens is 2. The maximum Gasteiger partial charge on any atom is 0.361 e. The molecule has 0 spiro atoms. The second kappa shape index (κ2) is 16.6. The van der Waals surface area contributed by atoms with Gasteiger partial charge in [-0.05, 0) is 88.3 Å². The van der Waals surface area contributed by atoms with Crippen LogP contribution in [0.1, 0.15) is 66.7 Å². The number of piperidine rings is 2. The molecular weight excluding hydrogens is 635 g/mol. The number of amides is 1. The molecule has 1 amide bonds. The zero-order valence-electron chi connectivity index (χ0n) is 26.8. The Kier molecular flexibility index (Phi) is 12.1. The molecule has 0 saturated carbocycles. The van der Waals surface area contributed by atoms with Crippen LogP contribution >= 0.6 is 12.4 Å². The van der Waals surface area contributed by atoms with Gasteiger partial charge < -0.3 is 26.0 Å². The first kappa shape index (κ1) is 34.9. The molecule has 0 bridgehead atoms. The second-order valence-corrected chi connectivity index (χ2v) is 12.3. The summed E-state index contributed by atoms with van der Waals surface area (Å²) in [6, 6.07) is 14.2. The molecule has 2 fully saturated rings. The van der Waals surface area contributed by atoms with Crippen molar-refractivity contribution in [3.8, 4) is 11.3 Å². The lowest BCUT2D eigenvalue weighted by molar-refractivity contribution is -0.125. The second-order valence-electron chi connectivity index (χ2n) is 12.3. The van der Waals surface area contributed by atoms with E-state index >= 15 is 0 Å². The molecule has 2 saturated heterocycles. The normalized spacial score (nSPS) is 16.5. The first-order chi connectivity index (χ1) is 22.9. The molecule has 4 aromatic rings. The Morgan fingerprint density at radius 3 is 2.48 bits per heavy atom. The van der Waals surface area contributed by atoms with E-state index in [2.05, 4.69) is 30.6 Å². The fourth-order valence-corrected chi connectivity index (χ4v) is 6.34. The van der Waals surface area contributed by atoms with Gasteiger partial charge in [0, 0.05) is 36.1 Å². The van der Waals surface area contributed by atoms with Crippen LogP contribution in [0, 0.1) is 11.7 Å². The van der Waals surface area contributed by atoms with Gasteiger partial charge in [0.05, 0.1) is 24.1 Å². The molecule has 2 aliphatic heterocycles. The quantitative estimate of drug-likeness (QED) is 0.177. The number of benzene rings is 2. The fraction of sp³-hybridized carbons (Fsp3) is 0.400. The Balaban J connectivity index is 0.00000451. The van der Waals surface area contributed by atoms with Gasteiger partial charge in [-0.15, -0.1) is 12.4 Å². The minimum Gasteiger partial charge on any atom is -0.442 e. The highest BCUT2D eigenvalue weighted by atomic mass is 35.5. The number of nitrogens with one attached hydrogen (secondary N) is 2. The lowest BCUT2D eigenvalue weighted by Crippen LogP contribution is -2.35. The third-order valence-corrected chi connectivity index (χ3v) is 9.05. The van der Waals surface area contributed by atoms with Crippen LogP contribution in [0.3, 0.4) is 0 Å². The van der Waals surface area contributed by atoms with Crippen LogP contribution in [0.2, 0.25) is 0 Å². The van der Waals surface area contributed by atoms with Gasteiger partial charge in [-0.25, -0.2) is 19.2 Å². The Hall–Kier alpha value is -4.39. The van der Waals surface area contributed by atoms with E-state index in [0.717, 1.165) is 51.5 Å². The zero-order valence-corrected chi connectivity index (χ0v) is 27.6. The van der Waals surface area contributed by atoms with Crippen LogP contribution in [0.5, 0.6) is 0 Å². The predicted molar refractivity (Wildman–Crippen MR) is 184 cm³/mol. The van der Waals surface area contributed by atoms with Crippen LogP contribution in [0.25, 0.3) is 11.3 Å². The van der Waals surface area contributed by atoms with Crippen molar-refractivity contribution in [2.24, 2.45) is 5.92 Å². The molecule has 2 aliphatic rings. The van der Waals surface area contributed by atoms with Gasteiger partial charge in [-0.2, -0.15) is 5.10 Å². The third-order valence-electron chi connectivity index (χ3n) is 9.05. The molecule has 0 aliphatic carbocycles. The number of hydrogen-bond acceptors (Lipinski definition) is 9.